The fourth-order valence-corrected chi connectivity index (χ4v) is 4.23. The van der Waals surface area contributed by atoms with Crippen molar-refractivity contribution in [1.29, 1.82) is 0 Å². The molecule has 1 aromatic carbocycles. The van der Waals surface area contributed by atoms with Gasteiger partial charge in [0.25, 0.3) is 0 Å². The van der Waals surface area contributed by atoms with Crippen LogP contribution in [-0.4, -0.2) is 47.2 Å². The van der Waals surface area contributed by atoms with Gasteiger partial charge in [-0.2, -0.15) is 0 Å². The van der Waals surface area contributed by atoms with Crippen LogP contribution in [0.3, 0.4) is 0 Å². The summed E-state index contributed by atoms with van der Waals surface area (Å²) in [5, 5.41) is 6.32. The van der Waals surface area contributed by atoms with Gasteiger partial charge in [-0.05, 0) is 50.6 Å². The number of hydrogen-bond donors (Lipinski definition) is 1. The Morgan fingerprint density at radius 1 is 1.36 bits per heavy atom. The number of likely N-dealkylation sites (tertiary alicyclic amines) is 1. The van der Waals surface area contributed by atoms with Gasteiger partial charge in [0, 0.05) is 30.7 Å². The number of amides is 1. The molecule has 0 saturated carbocycles. The third-order valence-electron chi connectivity index (χ3n) is 4.85. The Hall–Kier alpha value is -1.59. The Morgan fingerprint density at radius 2 is 2.20 bits per heavy atom. The number of nitrogens with one attached hydrogen (secondary N) is 1. The lowest BCUT2D eigenvalue weighted by molar-refractivity contribution is -0.118. The van der Waals surface area contributed by atoms with E-state index < -0.39 is 0 Å². The summed E-state index contributed by atoms with van der Waals surface area (Å²) in [5.41, 5.74) is 0. The van der Waals surface area contributed by atoms with E-state index in [1.807, 2.05) is 24.4 Å². The number of piperidine rings is 1. The SMILES string of the molecule is CC(C)N1CCC[C@H](CNC(=O)CSc2nccc3ccccc23)C1. The van der Waals surface area contributed by atoms with Gasteiger partial charge < -0.3 is 10.2 Å². The fourth-order valence-electron chi connectivity index (χ4n) is 3.38. The third kappa shape index (κ3) is 4.95. The van der Waals surface area contributed by atoms with E-state index in [9.17, 15) is 4.79 Å². The summed E-state index contributed by atoms with van der Waals surface area (Å²) >= 11 is 1.52. The van der Waals surface area contributed by atoms with E-state index >= 15 is 0 Å². The zero-order chi connectivity index (χ0) is 17.6. The first kappa shape index (κ1) is 18.2. The first-order valence-electron chi connectivity index (χ1n) is 9.11. The minimum Gasteiger partial charge on any atom is -0.355 e. The van der Waals surface area contributed by atoms with Crippen molar-refractivity contribution in [1.82, 2.24) is 15.2 Å². The highest BCUT2D eigenvalue weighted by Gasteiger charge is 2.21. The second kappa shape index (κ2) is 8.68. The molecule has 1 atom stereocenters. The van der Waals surface area contributed by atoms with Crippen LogP contribution in [0.5, 0.6) is 0 Å². The number of pyridine rings is 1. The smallest absolute Gasteiger partial charge is 0.230 e. The van der Waals surface area contributed by atoms with Crippen LogP contribution < -0.4 is 5.32 Å². The van der Waals surface area contributed by atoms with E-state index in [1.165, 1.54) is 31.1 Å². The van der Waals surface area contributed by atoms with Gasteiger partial charge in [0.1, 0.15) is 5.03 Å². The molecule has 1 aromatic heterocycles. The largest absolute Gasteiger partial charge is 0.355 e. The molecule has 2 aromatic rings. The summed E-state index contributed by atoms with van der Waals surface area (Å²) in [6, 6.07) is 10.8. The maximum Gasteiger partial charge on any atom is 0.230 e. The van der Waals surface area contributed by atoms with Crippen LogP contribution >= 0.6 is 11.8 Å². The summed E-state index contributed by atoms with van der Waals surface area (Å²) in [5.74, 6) is 1.09. The van der Waals surface area contributed by atoms with E-state index in [0.29, 0.717) is 17.7 Å². The van der Waals surface area contributed by atoms with E-state index in [4.69, 9.17) is 0 Å². The van der Waals surface area contributed by atoms with Gasteiger partial charge in [-0.25, -0.2) is 4.98 Å². The average Bonchev–Trinajstić information content (AvgIpc) is 2.65. The van der Waals surface area contributed by atoms with E-state index in [1.54, 1.807) is 0 Å². The summed E-state index contributed by atoms with van der Waals surface area (Å²) < 4.78 is 0. The van der Waals surface area contributed by atoms with Crippen LogP contribution in [0.25, 0.3) is 10.8 Å². The van der Waals surface area contributed by atoms with Crippen LogP contribution in [0.1, 0.15) is 26.7 Å². The summed E-state index contributed by atoms with van der Waals surface area (Å²) in [4.78, 5) is 19.2. The molecule has 0 aliphatic carbocycles. The Kier molecular flexibility index (Phi) is 6.32. The van der Waals surface area contributed by atoms with Gasteiger partial charge in [-0.3, -0.25) is 4.79 Å². The Morgan fingerprint density at radius 3 is 3.04 bits per heavy atom. The lowest BCUT2D eigenvalue weighted by Crippen LogP contribution is -2.44. The minimum atomic E-state index is 0.0985. The molecule has 0 unspecified atom stereocenters. The van der Waals surface area contributed by atoms with Crippen molar-refractivity contribution < 1.29 is 4.79 Å². The Labute approximate surface area is 154 Å². The molecule has 1 amide bonds. The Balaban J connectivity index is 1.48. The highest BCUT2D eigenvalue weighted by Crippen LogP contribution is 2.25. The van der Waals surface area contributed by atoms with E-state index in [2.05, 4.69) is 41.2 Å². The highest BCUT2D eigenvalue weighted by molar-refractivity contribution is 8.00. The summed E-state index contributed by atoms with van der Waals surface area (Å²) in [6.07, 6.45) is 4.25. The predicted molar refractivity (Wildman–Crippen MR) is 105 cm³/mol. The minimum absolute atomic E-state index is 0.0985. The standard InChI is InChI=1S/C20H27N3OS/c1-15(2)23-11-5-6-16(13-23)12-22-19(24)14-25-20-18-8-4-3-7-17(18)9-10-21-20/h3-4,7-10,15-16H,5-6,11-14H2,1-2H3,(H,22,24)/t16-/m1/s1. The molecule has 1 N–H and O–H groups in total. The molecule has 2 heterocycles. The maximum atomic E-state index is 12.2. The van der Waals surface area contributed by atoms with Gasteiger partial charge in [0.2, 0.25) is 5.91 Å². The number of nitrogens with zero attached hydrogens (tertiary/aromatic N) is 2. The number of rotatable bonds is 6. The summed E-state index contributed by atoms with van der Waals surface area (Å²) in [6.45, 7) is 7.55. The van der Waals surface area contributed by atoms with Crippen molar-refractivity contribution >= 4 is 28.4 Å². The highest BCUT2D eigenvalue weighted by atomic mass is 32.2. The van der Waals surface area contributed by atoms with Gasteiger partial charge in [0.15, 0.2) is 0 Å². The number of fused-ring (bicyclic) bond motifs is 1. The number of benzene rings is 1. The molecule has 1 fully saturated rings. The van der Waals surface area contributed by atoms with Crippen LogP contribution in [0, 0.1) is 5.92 Å². The number of hydrogen-bond acceptors (Lipinski definition) is 4. The molecule has 5 heteroatoms. The molecule has 0 spiro atoms. The zero-order valence-corrected chi connectivity index (χ0v) is 15.9. The lowest BCUT2D eigenvalue weighted by Gasteiger charge is -2.35. The first-order chi connectivity index (χ1) is 12.1. The second-order valence-corrected chi connectivity index (χ2v) is 7.99. The molecule has 0 bridgehead atoms. The molecule has 134 valence electrons. The molecular formula is C20H27N3OS. The maximum absolute atomic E-state index is 12.2. The number of carbonyl (C=O) groups is 1. The van der Waals surface area contributed by atoms with Crippen molar-refractivity contribution in [2.24, 2.45) is 5.92 Å². The molecule has 1 aliphatic rings. The first-order valence-corrected chi connectivity index (χ1v) is 10.1. The third-order valence-corrected chi connectivity index (χ3v) is 5.85. The molecular weight excluding hydrogens is 330 g/mol. The fraction of sp³-hybridized carbons (Fsp3) is 0.500. The van der Waals surface area contributed by atoms with Crippen molar-refractivity contribution in [2.45, 2.75) is 37.8 Å². The number of carbonyl (C=O) groups excluding carboxylic acids is 1. The quantitative estimate of drug-likeness (QED) is 0.803. The molecule has 1 aliphatic heterocycles. The molecule has 3 rings (SSSR count). The van der Waals surface area contributed by atoms with Crippen LogP contribution in [0.2, 0.25) is 0 Å². The molecule has 1 saturated heterocycles. The topological polar surface area (TPSA) is 45.2 Å². The lowest BCUT2D eigenvalue weighted by atomic mass is 9.97. The second-order valence-electron chi connectivity index (χ2n) is 7.03. The normalized spacial score (nSPS) is 18.6. The van der Waals surface area contributed by atoms with Gasteiger partial charge >= 0.3 is 0 Å². The van der Waals surface area contributed by atoms with Crippen LogP contribution in [0.15, 0.2) is 41.6 Å². The number of aromatic nitrogens is 1. The van der Waals surface area contributed by atoms with Crippen molar-refractivity contribution in [3.05, 3.63) is 36.5 Å². The Bertz CT molecular complexity index is 714. The molecule has 0 radical (unpaired) electrons. The van der Waals surface area contributed by atoms with E-state index in [-0.39, 0.29) is 5.91 Å². The molecule has 4 nitrogen and oxygen atoms in total. The van der Waals surface area contributed by atoms with Crippen molar-refractivity contribution in [3.8, 4) is 0 Å². The van der Waals surface area contributed by atoms with Gasteiger partial charge in [-0.15, -0.1) is 0 Å². The molecule has 25 heavy (non-hydrogen) atoms. The average molecular weight is 358 g/mol. The van der Waals surface area contributed by atoms with Crippen LogP contribution in [0.4, 0.5) is 0 Å². The van der Waals surface area contributed by atoms with Crippen molar-refractivity contribution in [3.63, 3.8) is 0 Å². The zero-order valence-electron chi connectivity index (χ0n) is 15.1. The number of thioether (sulfide) groups is 1. The predicted octanol–water partition coefficient (Wildman–Crippen LogP) is 3.56. The van der Waals surface area contributed by atoms with Crippen molar-refractivity contribution in [2.75, 3.05) is 25.4 Å². The summed E-state index contributed by atoms with van der Waals surface area (Å²) in [7, 11) is 0. The monoisotopic (exact) mass is 357 g/mol. The van der Waals surface area contributed by atoms with E-state index in [0.717, 1.165) is 28.9 Å². The van der Waals surface area contributed by atoms with Gasteiger partial charge in [0.05, 0.1) is 5.75 Å². The van der Waals surface area contributed by atoms with Gasteiger partial charge in [-0.1, -0.05) is 36.0 Å². The van der Waals surface area contributed by atoms with Crippen LogP contribution in [-0.2, 0) is 4.79 Å².